The van der Waals surface area contributed by atoms with Crippen molar-refractivity contribution in [3.8, 4) is 0 Å². The lowest BCUT2D eigenvalue weighted by atomic mass is 10.2. The van der Waals surface area contributed by atoms with Crippen LogP contribution in [0.3, 0.4) is 0 Å². The fraction of sp³-hybridized carbons (Fsp3) is 0.385. The molecule has 0 spiro atoms. The van der Waals surface area contributed by atoms with Crippen LogP contribution in [0.25, 0.3) is 10.9 Å². The standard InChI is InChI=1S/C13H17FN2/c14-12-4-5-13-11(10-12)6-9-16(13)8-3-1-2-7-15/h4-6,9-10H,1-3,7-8,15H2. The molecule has 86 valence electrons. The van der Waals surface area contributed by atoms with E-state index >= 15 is 0 Å². The monoisotopic (exact) mass is 220 g/mol. The molecule has 1 heterocycles. The summed E-state index contributed by atoms with van der Waals surface area (Å²) in [6.45, 7) is 1.74. The first-order valence-corrected chi connectivity index (χ1v) is 5.76. The summed E-state index contributed by atoms with van der Waals surface area (Å²) in [7, 11) is 0. The van der Waals surface area contributed by atoms with Gasteiger partial charge >= 0.3 is 0 Å². The summed E-state index contributed by atoms with van der Waals surface area (Å²) in [5, 5.41) is 0.971. The maximum absolute atomic E-state index is 13.0. The number of fused-ring (bicyclic) bond motifs is 1. The van der Waals surface area contributed by atoms with Crippen molar-refractivity contribution in [2.75, 3.05) is 6.54 Å². The van der Waals surface area contributed by atoms with Crippen LogP contribution in [0.4, 0.5) is 4.39 Å². The van der Waals surface area contributed by atoms with Gasteiger partial charge in [0.2, 0.25) is 0 Å². The minimum Gasteiger partial charge on any atom is -0.347 e. The van der Waals surface area contributed by atoms with Gasteiger partial charge in [-0.1, -0.05) is 6.42 Å². The predicted octanol–water partition coefficient (Wildman–Crippen LogP) is 2.91. The normalized spacial score (nSPS) is 11.1. The average Bonchev–Trinajstić information content (AvgIpc) is 2.67. The van der Waals surface area contributed by atoms with Crippen LogP contribution in [-0.2, 0) is 6.54 Å². The van der Waals surface area contributed by atoms with Crippen molar-refractivity contribution in [1.29, 1.82) is 0 Å². The first-order chi connectivity index (χ1) is 7.81. The molecular weight excluding hydrogens is 203 g/mol. The van der Waals surface area contributed by atoms with Crippen molar-refractivity contribution in [2.45, 2.75) is 25.8 Å². The van der Waals surface area contributed by atoms with Gasteiger partial charge in [0.05, 0.1) is 0 Å². The highest BCUT2D eigenvalue weighted by atomic mass is 19.1. The summed E-state index contributed by atoms with van der Waals surface area (Å²) in [4.78, 5) is 0. The number of benzene rings is 1. The van der Waals surface area contributed by atoms with Crippen LogP contribution in [0.5, 0.6) is 0 Å². The number of nitrogens with zero attached hydrogens (tertiary/aromatic N) is 1. The smallest absolute Gasteiger partial charge is 0.123 e. The molecule has 16 heavy (non-hydrogen) atoms. The van der Waals surface area contributed by atoms with Crippen LogP contribution < -0.4 is 5.73 Å². The molecule has 2 N–H and O–H groups in total. The van der Waals surface area contributed by atoms with Crippen LogP contribution in [0.1, 0.15) is 19.3 Å². The van der Waals surface area contributed by atoms with Gasteiger partial charge in [-0.15, -0.1) is 0 Å². The molecule has 1 aromatic carbocycles. The van der Waals surface area contributed by atoms with Gasteiger partial charge in [0.25, 0.3) is 0 Å². The molecule has 2 aromatic rings. The Morgan fingerprint density at radius 3 is 2.81 bits per heavy atom. The molecule has 0 bridgehead atoms. The zero-order valence-corrected chi connectivity index (χ0v) is 9.32. The first kappa shape index (κ1) is 11.1. The Bertz CT molecular complexity index is 462. The molecule has 2 rings (SSSR count). The van der Waals surface area contributed by atoms with E-state index in [1.54, 1.807) is 6.07 Å². The van der Waals surface area contributed by atoms with Gasteiger partial charge in [0, 0.05) is 23.6 Å². The fourth-order valence-corrected chi connectivity index (χ4v) is 1.97. The van der Waals surface area contributed by atoms with Crippen molar-refractivity contribution in [2.24, 2.45) is 5.73 Å². The molecule has 0 atom stereocenters. The molecule has 0 aliphatic heterocycles. The highest BCUT2D eigenvalue weighted by molar-refractivity contribution is 5.80. The minimum absolute atomic E-state index is 0.173. The Morgan fingerprint density at radius 2 is 2.00 bits per heavy atom. The first-order valence-electron chi connectivity index (χ1n) is 5.76. The van der Waals surface area contributed by atoms with E-state index in [4.69, 9.17) is 5.73 Å². The summed E-state index contributed by atoms with van der Waals surface area (Å²) in [5.41, 5.74) is 6.55. The van der Waals surface area contributed by atoms with Crippen LogP contribution in [0.2, 0.25) is 0 Å². The number of hydrogen-bond acceptors (Lipinski definition) is 1. The molecular formula is C13H17FN2. The van der Waals surface area contributed by atoms with Crippen molar-refractivity contribution >= 4 is 10.9 Å². The van der Waals surface area contributed by atoms with Gasteiger partial charge in [0.1, 0.15) is 5.82 Å². The topological polar surface area (TPSA) is 30.9 Å². The molecule has 0 saturated carbocycles. The van der Waals surface area contributed by atoms with Crippen LogP contribution in [0, 0.1) is 5.82 Å². The van der Waals surface area contributed by atoms with Crippen molar-refractivity contribution < 1.29 is 4.39 Å². The molecule has 0 aliphatic rings. The van der Waals surface area contributed by atoms with E-state index in [9.17, 15) is 4.39 Å². The number of nitrogens with two attached hydrogens (primary N) is 1. The number of halogens is 1. The van der Waals surface area contributed by atoms with Crippen molar-refractivity contribution in [3.63, 3.8) is 0 Å². The van der Waals surface area contributed by atoms with Gasteiger partial charge in [-0.2, -0.15) is 0 Å². The summed E-state index contributed by atoms with van der Waals surface area (Å²) < 4.78 is 15.1. The van der Waals surface area contributed by atoms with Gasteiger partial charge in [-0.05, 0) is 43.7 Å². The summed E-state index contributed by atoms with van der Waals surface area (Å²) >= 11 is 0. The predicted molar refractivity (Wildman–Crippen MR) is 64.8 cm³/mol. The molecule has 3 heteroatoms. The van der Waals surface area contributed by atoms with Crippen LogP contribution in [-0.4, -0.2) is 11.1 Å². The molecule has 0 radical (unpaired) electrons. The number of unbranched alkanes of at least 4 members (excludes halogenated alkanes) is 2. The second kappa shape index (κ2) is 5.12. The van der Waals surface area contributed by atoms with Gasteiger partial charge in [-0.25, -0.2) is 4.39 Å². The molecule has 0 saturated heterocycles. The molecule has 0 unspecified atom stereocenters. The largest absolute Gasteiger partial charge is 0.347 e. The van der Waals surface area contributed by atoms with E-state index in [-0.39, 0.29) is 5.82 Å². The number of rotatable bonds is 5. The third-order valence-corrected chi connectivity index (χ3v) is 2.84. The molecule has 0 amide bonds. The second-order valence-corrected chi connectivity index (χ2v) is 4.06. The van der Waals surface area contributed by atoms with E-state index in [2.05, 4.69) is 4.57 Å². The number of hydrogen-bond donors (Lipinski definition) is 1. The molecule has 0 fully saturated rings. The minimum atomic E-state index is -0.173. The van der Waals surface area contributed by atoms with Gasteiger partial charge < -0.3 is 10.3 Å². The molecule has 0 aliphatic carbocycles. The Kier molecular flexibility index (Phi) is 3.57. The van der Waals surface area contributed by atoms with Crippen molar-refractivity contribution in [1.82, 2.24) is 4.57 Å². The molecule has 1 aromatic heterocycles. The van der Waals surface area contributed by atoms with E-state index in [1.807, 2.05) is 18.3 Å². The highest BCUT2D eigenvalue weighted by Gasteiger charge is 2.01. The van der Waals surface area contributed by atoms with E-state index in [0.717, 1.165) is 43.3 Å². The third-order valence-electron chi connectivity index (χ3n) is 2.84. The Labute approximate surface area is 94.9 Å². The maximum Gasteiger partial charge on any atom is 0.123 e. The zero-order valence-electron chi connectivity index (χ0n) is 9.32. The zero-order chi connectivity index (χ0) is 11.4. The van der Waals surface area contributed by atoms with E-state index < -0.39 is 0 Å². The second-order valence-electron chi connectivity index (χ2n) is 4.06. The fourth-order valence-electron chi connectivity index (χ4n) is 1.97. The molecule has 2 nitrogen and oxygen atoms in total. The van der Waals surface area contributed by atoms with Gasteiger partial charge in [0.15, 0.2) is 0 Å². The summed E-state index contributed by atoms with van der Waals surface area (Å²) in [6, 6.07) is 6.89. The SMILES string of the molecule is NCCCCCn1ccc2cc(F)ccc21. The Morgan fingerprint density at radius 1 is 1.12 bits per heavy atom. The maximum atomic E-state index is 13.0. The lowest BCUT2D eigenvalue weighted by molar-refractivity contribution is 0.603. The Balaban J connectivity index is 2.07. The summed E-state index contributed by atoms with van der Waals surface area (Å²) in [6.07, 6.45) is 5.37. The Hall–Kier alpha value is -1.35. The van der Waals surface area contributed by atoms with Gasteiger partial charge in [-0.3, -0.25) is 0 Å². The average molecular weight is 220 g/mol. The highest BCUT2D eigenvalue weighted by Crippen LogP contribution is 2.17. The van der Waals surface area contributed by atoms with E-state index in [1.165, 1.54) is 6.07 Å². The lowest BCUT2D eigenvalue weighted by Gasteiger charge is -2.04. The quantitative estimate of drug-likeness (QED) is 0.772. The number of aryl methyl sites for hydroxylation is 1. The third kappa shape index (κ3) is 2.42. The lowest BCUT2D eigenvalue weighted by Crippen LogP contribution is -2.00. The number of aromatic nitrogens is 1. The van der Waals surface area contributed by atoms with Crippen molar-refractivity contribution in [3.05, 3.63) is 36.3 Å². The van der Waals surface area contributed by atoms with E-state index in [0.29, 0.717) is 0 Å². The summed E-state index contributed by atoms with van der Waals surface area (Å²) in [5.74, 6) is -0.173. The van der Waals surface area contributed by atoms with Crippen LogP contribution >= 0.6 is 0 Å². The van der Waals surface area contributed by atoms with Crippen LogP contribution in [0.15, 0.2) is 30.5 Å².